The molecule has 1 fully saturated rings. The van der Waals surface area contributed by atoms with E-state index in [0.717, 1.165) is 5.69 Å². The maximum absolute atomic E-state index is 12.1. The fraction of sp³-hybridized carbons (Fsp3) is 0.471. The van der Waals surface area contributed by atoms with Crippen LogP contribution in [-0.4, -0.2) is 56.5 Å². The van der Waals surface area contributed by atoms with E-state index in [1.54, 1.807) is 23.1 Å². The van der Waals surface area contributed by atoms with Gasteiger partial charge >= 0.3 is 5.97 Å². The largest absolute Gasteiger partial charge is 0.452 e. The van der Waals surface area contributed by atoms with Gasteiger partial charge in [0, 0.05) is 38.8 Å². The van der Waals surface area contributed by atoms with Crippen LogP contribution in [0, 0.1) is 5.92 Å². The minimum atomic E-state index is -0.529. The SMILES string of the molecule is CN(C)c1cccc(C(=O)OCC(=O)N2CCC(C(N)=O)CC2)c1. The molecule has 0 aliphatic carbocycles. The van der Waals surface area contributed by atoms with Gasteiger partial charge in [0.25, 0.3) is 5.91 Å². The zero-order valence-corrected chi connectivity index (χ0v) is 14.0. The van der Waals surface area contributed by atoms with E-state index in [-0.39, 0.29) is 24.3 Å². The summed E-state index contributed by atoms with van der Waals surface area (Å²) in [5.74, 6) is -1.28. The summed E-state index contributed by atoms with van der Waals surface area (Å²) in [5, 5.41) is 0. The van der Waals surface area contributed by atoms with E-state index in [4.69, 9.17) is 10.5 Å². The van der Waals surface area contributed by atoms with Crippen LogP contribution in [0.2, 0.25) is 0 Å². The van der Waals surface area contributed by atoms with Crippen molar-refractivity contribution in [3.8, 4) is 0 Å². The zero-order chi connectivity index (χ0) is 17.7. The fourth-order valence-corrected chi connectivity index (χ4v) is 2.63. The molecule has 0 bridgehead atoms. The highest BCUT2D eigenvalue weighted by molar-refractivity contribution is 5.92. The van der Waals surface area contributed by atoms with Crippen LogP contribution >= 0.6 is 0 Å². The average Bonchev–Trinajstić information content (AvgIpc) is 2.59. The van der Waals surface area contributed by atoms with Crippen LogP contribution in [0.1, 0.15) is 23.2 Å². The summed E-state index contributed by atoms with van der Waals surface area (Å²) in [6.45, 7) is 0.618. The number of piperidine rings is 1. The van der Waals surface area contributed by atoms with Crippen molar-refractivity contribution in [1.29, 1.82) is 0 Å². The van der Waals surface area contributed by atoms with Crippen LogP contribution in [0.4, 0.5) is 5.69 Å². The van der Waals surface area contributed by atoms with Gasteiger partial charge in [0.2, 0.25) is 5.91 Å². The lowest BCUT2D eigenvalue weighted by molar-refractivity contribution is -0.137. The van der Waals surface area contributed by atoms with Crippen molar-refractivity contribution in [1.82, 2.24) is 4.90 Å². The van der Waals surface area contributed by atoms with Gasteiger partial charge < -0.3 is 20.3 Å². The summed E-state index contributed by atoms with van der Waals surface area (Å²) in [4.78, 5) is 38.8. The van der Waals surface area contributed by atoms with E-state index in [1.807, 2.05) is 25.1 Å². The van der Waals surface area contributed by atoms with Crippen molar-refractivity contribution < 1.29 is 19.1 Å². The van der Waals surface area contributed by atoms with E-state index in [2.05, 4.69) is 0 Å². The van der Waals surface area contributed by atoms with Crippen molar-refractivity contribution in [3.63, 3.8) is 0 Å². The Hall–Kier alpha value is -2.57. The first-order chi connectivity index (χ1) is 11.4. The topological polar surface area (TPSA) is 92.9 Å². The maximum atomic E-state index is 12.1. The van der Waals surface area contributed by atoms with Gasteiger partial charge in [-0.1, -0.05) is 6.07 Å². The van der Waals surface area contributed by atoms with Crippen molar-refractivity contribution in [2.24, 2.45) is 11.7 Å². The third kappa shape index (κ3) is 4.47. The predicted molar refractivity (Wildman–Crippen MR) is 89.5 cm³/mol. The highest BCUT2D eigenvalue weighted by Crippen LogP contribution is 2.17. The number of carbonyl (C=O) groups is 3. The molecule has 1 heterocycles. The third-order valence-electron chi connectivity index (χ3n) is 4.18. The molecular formula is C17H23N3O4. The van der Waals surface area contributed by atoms with E-state index in [0.29, 0.717) is 31.5 Å². The number of amides is 2. The minimum Gasteiger partial charge on any atom is -0.452 e. The van der Waals surface area contributed by atoms with Crippen molar-refractivity contribution in [3.05, 3.63) is 29.8 Å². The number of nitrogens with zero attached hydrogens (tertiary/aromatic N) is 2. The van der Waals surface area contributed by atoms with Gasteiger partial charge in [-0.15, -0.1) is 0 Å². The standard InChI is InChI=1S/C17H23N3O4/c1-19(2)14-5-3-4-13(10-14)17(23)24-11-15(21)20-8-6-12(7-9-20)16(18)22/h3-5,10,12H,6-9,11H2,1-2H3,(H2,18,22). The summed E-state index contributed by atoms with van der Waals surface area (Å²) in [7, 11) is 3.76. The maximum Gasteiger partial charge on any atom is 0.338 e. The summed E-state index contributed by atoms with van der Waals surface area (Å²) in [6.07, 6.45) is 1.11. The molecule has 2 rings (SSSR count). The Bertz CT molecular complexity index is 622. The van der Waals surface area contributed by atoms with Gasteiger partial charge in [0.05, 0.1) is 5.56 Å². The molecule has 130 valence electrons. The molecule has 1 saturated heterocycles. The number of nitrogens with two attached hydrogens (primary N) is 1. The molecule has 0 aromatic heterocycles. The first-order valence-electron chi connectivity index (χ1n) is 7.90. The fourth-order valence-electron chi connectivity index (χ4n) is 2.63. The minimum absolute atomic E-state index is 0.176. The second-order valence-electron chi connectivity index (χ2n) is 6.08. The normalized spacial score (nSPS) is 15.0. The van der Waals surface area contributed by atoms with Crippen LogP contribution in [0.3, 0.4) is 0 Å². The zero-order valence-electron chi connectivity index (χ0n) is 14.0. The third-order valence-corrected chi connectivity index (χ3v) is 4.18. The molecule has 0 saturated carbocycles. The number of hydrogen-bond acceptors (Lipinski definition) is 5. The van der Waals surface area contributed by atoms with E-state index in [1.165, 1.54) is 0 Å². The quantitative estimate of drug-likeness (QED) is 0.798. The second-order valence-corrected chi connectivity index (χ2v) is 6.08. The number of esters is 1. The molecule has 24 heavy (non-hydrogen) atoms. The number of ether oxygens (including phenoxy) is 1. The van der Waals surface area contributed by atoms with Crippen LogP contribution < -0.4 is 10.6 Å². The molecule has 1 aliphatic heterocycles. The Morgan fingerprint density at radius 2 is 1.92 bits per heavy atom. The summed E-state index contributed by atoms with van der Waals surface area (Å²) >= 11 is 0. The first kappa shape index (κ1) is 17.8. The van der Waals surface area contributed by atoms with Gasteiger partial charge in [0.15, 0.2) is 6.61 Å². The molecule has 1 aromatic carbocycles. The van der Waals surface area contributed by atoms with Crippen LogP contribution in [-0.2, 0) is 14.3 Å². The Kier molecular flexibility index (Phi) is 5.78. The van der Waals surface area contributed by atoms with Crippen molar-refractivity contribution >= 4 is 23.5 Å². The summed E-state index contributed by atoms with van der Waals surface area (Å²) < 4.78 is 5.11. The number of benzene rings is 1. The molecule has 0 atom stereocenters. The Morgan fingerprint density at radius 3 is 2.50 bits per heavy atom. The van der Waals surface area contributed by atoms with Gasteiger partial charge in [0.1, 0.15) is 0 Å². The number of likely N-dealkylation sites (tertiary alicyclic amines) is 1. The van der Waals surface area contributed by atoms with Crippen molar-refractivity contribution in [2.45, 2.75) is 12.8 Å². The lowest BCUT2D eigenvalue weighted by atomic mass is 9.96. The Morgan fingerprint density at radius 1 is 1.25 bits per heavy atom. The summed E-state index contributed by atoms with van der Waals surface area (Å²) in [6, 6.07) is 7.01. The predicted octanol–water partition coefficient (Wildman–Crippen LogP) is 0.633. The van der Waals surface area contributed by atoms with Gasteiger partial charge in [-0.25, -0.2) is 4.79 Å². The number of anilines is 1. The van der Waals surface area contributed by atoms with Gasteiger partial charge in [-0.3, -0.25) is 9.59 Å². The van der Waals surface area contributed by atoms with Gasteiger partial charge in [-0.05, 0) is 31.0 Å². The number of primary amides is 1. The van der Waals surface area contributed by atoms with E-state index < -0.39 is 5.97 Å². The molecule has 1 aliphatic rings. The smallest absolute Gasteiger partial charge is 0.338 e. The van der Waals surface area contributed by atoms with Crippen LogP contribution in [0.25, 0.3) is 0 Å². The lowest BCUT2D eigenvalue weighted by Gasteiger charge is -2.30. The van der Waals surface area contributed by atoms with Gasteiger partial charge in [-0.2, -0.15) is 0 Å². The highest BCUT2D eigenvalue weighted by atomic mass is 16.5. The monoisotopic (exact) mass is 333 g/mol. The lowest BCUT2D eigenvalue weighted by Crippen LogP contribution is -2.43. The highest BCUT2D eigenvalue weighted by Gasteiger charge is 2.26. The molecule has 1 aromatic rings. The molecule has 7 nitrogen and oxygen atoms in total. The molecule has 2 amide bonds. The van der Waals surface area contributed by atoms with E-state index >= 15 is 0 Å². The Balaban J connectivity index is 1.85. The molecule has 0 radical (unpaired) electrons. The molecule has 0 spiro atoms. The molecule has 7 heteroatoms. The molecule has 0 unspecified atom stereocenters. The number of hydrogen-bond donors (Lipinski definition) is 1. The van der Waals surface area contributed by atoms with Crippen LogP contribution in [0.15, 0.2) is 24.3 Å². The van der Waals surface area contributed by atoms with Crippen molar-refractivity contribution in [2.75, 3.05) is 38.7 Å². The number of rotatable bonds is 5. The first-order valence-corrected chi connectivity index (χ1v) is 7.90. The van der Waals surface area contributed by atoms with E-state index in [9.17, 15) is 14.4 Å². The second kappa shape index (κ2) is 7.81. The summed E-state index contributed by atoms with van der Waals surface area (Å²) in [5.41, 5.74) is 6.55. The molecule has 2 N–H and O–H groups in total. The average molecular weight is 333 g/mol. The number of carbonyl (C=O) groups excluding carboxylic acids is 3. The molecular weight excluding hydrogens is 310 g/mol. The van der Waals surface area contributed by atoms with Crippen LogP contribution in [0.5, 0.6) is 0 Å². The Labute approximate surface area is 141 Å².